The van der Waals surface area contributed by atoms with Crippen LogP contribution in [0.3, 0.4) is 0 Å². The lowest BCUT2D eigenvalue weighted by Crippen LogP contribution is -2.46. The quantitative estimate of drug-likeness (QED) is 0.907. The first-order chi connectivity index (χ1) is 9.13. The van der Waals surface area contributed by atoms with Crippen LogP contribution in [0.4, 0.5) is 0 Å². The molecule has 2 rings (SSSR count). The van der Waals surface area contributed by atoms with Gasteiger partial charge in [-0.25, -0.2) is 0 Å². The molecular weight excluding hydrogens is 324 g/mol. The number of rotatable bonds is 4. The van der Waals surface area contributed by atoms with E-state index in [0.717, 1.165) is 53.1 Å². The van der Waals surface area contributed by atoms with Crippen LogP contribution in [0.15, 0.2) is 9.85 Å². The van der Waals surface area contributed by atoms with Gasteiger partial charge in [0.05, 0.1) is 8.66 Å². The van der Waals surface area contributed by atoms with Gasteiger partial charge in [0.15, 0.2) is 0 Å². The molecule has 0 aromatic carbocycles. The Balaban J connectivity index is 2.15. The van der Waals surface area contributed by atoms with Crippen molar-refractivity contribution in [3.05, 3.63) is 20.3 Å². The van der Waals surface area contributed by atoms with Crippen LogP contribution in [-0.2, 0) is 0 Å². The maximum Gasteiger partial charge on any atom is 0.264 e. The van der Waals surface area contributed by atoms with Gasteiger partial charge in [-0.3, -0.25) is 4.79 Å². The molecule has 1 fully saturated rings. The highest BCUT2D eigenvalue weighted by molar-refractivity contribution is 9.11. The number of hydrogen-bond acceptors (Lipinski definition) is 3. The Kier molecular flexibility index (Phi) is 5.42. The number of thiophene rings is 1. The van der Waals surface area contributed by atoms with Crippen LogP contribution in [0.25, 0.3) is 0 Å². The zero-order chi connectivity index (χ0) is 13.8. The number of aryl methyl sites for hydroxylation is 1. The molecule has 19 heavy (non-hydrogen) atoms. The topological polar surface area (TPSA) is 32.3 Å². The minimum atomic E-state index is 0.201. The van der Waals surface area contributed by atoms with E-state index in [2.05, 4.69) is 33.1 Å². The molecule has 3 nitrogen and oxygen atoms in total. The first-order valence-corrected chi connectivity index (χ1v) is 8.52. The standard InChI is InChI=1S/C14H21BrN2OS/c1-3-8-17(11-4-6-16-7-5-11)14(18)12-9-10(2)13(15)19-12/h9,11,16H,3-8H2,1-2H3. The minimum Gasteiger partial charge on any atom is -0.335 e. The van der Waals surface area contributed by atoms with Crippen LogP contribution >= 0.6 is 27.3 Å². The lowest BCUT2D eigenvalue weighted by atomic mass is 10.0. The largest absolute Gasteiger partial charge is 0.335 e. The first-order valence-electron chi connectivity index (χ1n) is 6.91. The highest BCUT2D eigenvalue weighted by Crippen LogP contribution is 2.29. The van der Waals surface area contributed by atoms with Crippen LogP contribution in [0.1, 0.15) is 41.4 Å². The maximum atomic E-state index is 12.7. The molecule has 1 N–H and O–H groups in total. The number of nitrogens with zero attached hydrogens (tertiary/aromatic N) is 1. The Labute approximate surface area is 127 Å². The molecule has 1 aliphatic heterocycles. The average molecular weight is 345 g/mol. The number of amides is 1. The van der Waals surface area contributed by atoms with E-state index in [9.17, 15) is 4.79 Å². The normalized spacial score (nSPS) is 16.6. The second-order valence-corrected chi connectivity index (χ2v) is 7.42. The SMILES string of the molecule is CCCN(C(=O)c1cc(C)c(Br)s1)C1CCNCC1. The summed E-state index contributed by atoms with van der Waals surface area (Å²) in [5.74, 6) is 0.201. The number of nitrogens with one attached hydrogen (secondary N) is 1. The van der Waals surface area contributed by atoms with E-state index in [1.54, 1.807) is 11.3 Å². The first kappa shape index (κ1) is 15.0. The Hall–Kier alpha value is -0.390. The molecule has 106 valence electrons. The summed E-state index contributed by atoms with van der Waals surface area (Å²) in [5, 5.41) is 3.36. The summed E-state index contributed by atoms with van der Waals surface area (Å²) in [6.45, 7) is 7.07. The Morgan fingerprint density at radius 1 is 1.53 bits per heavy atom. The number of halogens is 1. The van der Waals surface area contributed by atoms with Crippen LogP contribution < -0.4 is 5.32 Å². The van der Waals surface area contributed by atoms with Gasteiger partial charge in [0.25, 0.3) is 5.91 Å². The van der Waals surface area contributed by atoms with Crippen molar-refractivity contribution in [1.82, 2.24) is 10.2 Å². The highest BCUT2D eigenvalue weighted by Gasteiger charge is 2.26. The van der Waals surface area contributed by atoms with E-state index in [0.29, 0.717) is 6.04 Å². The molecule has 2 heterocycles. The Morgan fingerprint density at radius 2 is 2.21 bits per heavy atom. The number of carbonyl (C=O) groups excluding carboxylic acids is 1. The van der Waals surface area contributed by atoms with E-state index >= 15 is 0 Å². The summed E-state index contributed by atoms with van der Waals surface area (Å²) >= 11 is 5.06. The van der Waals surface area contributed by atoms with Crippen LogP contribution in [0, 0.1) is 6.92 Å². The van der Waals surface area contributed by atoms with Crippen LogP contribution in [0.5, 0.6) is 0 Å². The molecule has 5 heteroatoms. The van der Waals surface area contributed by atoms with Crippen molar-refractivity contribution >= 4 is 33.2 Å². The predicted octanol–water partition coefficient (Wildman–Crippen LogP) is 3.42. The van der Waals surface area contributed by atoms with Gasteiger partial charge in [0.2, 0.25) is 0 Å². The summed E-state index contributed by atoms with van der Waals surface area (Å²) in [5.41, 5.74) is 1.15. The van der Waals surface area contributed by atoms with Gasteiger partial charge in [-0.2, -0.15) is 0 Å². The number of hydrogen-bond donors (Lipinski definition) is 1. The predicted molar refractivity (Wildman–Crippen MR) is 84.0 cm³/mol. The summed E-state index contributed by atoms with van der Waals surface area (Å²) < 4.78 is 1.07. The van der Waals surface area contributed by atoms with Gasteiger partial charge in [-0.15, -0.1) is 11.3 Å². The van der Waals surface area contributed by atoms with Crippen LogP contribution in [0.2, 0.25) is 0 Å². The van der Waals surface area contributed by atoms with Crippen molar-refractivity contribution in [3.8, 4) is 0 Å². The van der Waals surface area contributed by atoms with Crippen molar-refractivity contribution in [3.63, 3.8) is 0 Å². The molecule has 1 saturated heterocycles. The summed E-state index contributed by atoms with van der Waals surface area (Å²) in [6, 6.07) is 2.40. The van der Waals surface area contributed by atoms with Gasteiger partial charge < -0.3 is 10.2 Å². The van der Waals surface area contributed by atoms with E-state index < -0.39 is 0 Å². The van der Waals surface area contributed by atoms with Crippen molar-refractivity contribution in [2.75, 3.05) is 19.6 Å². The van der Waals surface area contributed by atoms with E-state index in [1.807, 2.05) is 13.0 Å². The van der Waals surface area contributed by atoms with Gasteiger partial charge in [-0.1, -0.05) is 6.92 Å². The van der Waals surface area contributed by atoms with Crippen molar-refractivity contribution in [1.29, 1.82) is 0 Å². The molecule has 1 amide bonds. The maximum absolute atomic E-state index is 12.7. The van der Waals surface area contributed by atoms with Gasteiger partial charge in [0.1, 0.15) is 0 Å². The minimum absolute atomic E-state index is 0.201. The molecule has 0 radical (unpaired) electrons. The zero-order valence-corrected chi connectivity index (χ0v) is 13.9. The Bertz CT molecular complexity index is 421. The lowest BCUT2D eigenvalue weighted by molar-refractivity contribution is 0.0647. The van der Waals surface area contributed by atoms with E-state index in [4.69, 9.17) is 0 Å². The molecular formula is C14H21BrN2OS. The smallest absolute Gasteiger partial charge is 0.264 e. The molecule has 0 bridgehead atoms. The second-order valence-electron chi connectivity index (χ2n) is 5.05. The monoisotopic (exact) mass is 344 g/mol. The van der Waals surface area contributed by atoms with Crippen molar-refractivity contribution in [2.45, 2.75) is 39.2 Å². The molecule has 1 aromatic rings. The van der Waals surface area contributed by atoms with Gasteiger partial charge >= 0.3 is 0 Å². The molecule has 0 spiro atoms. The molecule has 1 aliphatic rings. The second kappa shape index (κ2) is 6.86. The Morgan fingerprint density at radius 3 is 2.74 bits per heavy atom. The fraction of sp³-hybridized carbons (Fsp3) is 0.643. The fourth-order valence-electron chi connectivity index (χ4n) is 2.52. The molecule has 0 aliphatic carbocycles. The number of piperidine rings is 1. The van der Waals surface area contributed by atoms with Crippen LogP contribution in [-0.4, -0.2) is 36.5 Å². The van der Waals surface area contributed by atoms with Gasteiger partial charge in [-0.05, 0) is 66.8 Å². The summed E-state index contributed by atoms with van der Waals surface area (Å²) in [6.07, 6.45) is 3.15. The molecule has 0 unspecified atom stereocenters. The van der Waals surface area contributed by atoms with Gasteiger partial charge in [0, 0.05) is 12.6 Å². The van der Waals surface area contributed by atoms with Crippen molar-refractivity contribution in [2.24, 2.45) is 0 Å². The van der Waals surface area contributed by atoms with Crippen molar-refractivity contribution < 1.29 is 4.79 Å². The molecule has 0 atom stereocenters. The third kappa shape index (κ3) is 3.58. The summed E-state index contributed by atoms with van der Waals surface area (Å²) in [4.78, 5) is 15.6. The lowest BCUT2D eigenvalue weighted by Gasteiger charge is -2.34. The fourth-order valence-corrected chi connectivity index (χ4v) is 4.01. The number of carbonyl (C=O) groups is 1. The summed E-state index contributed by atoms with van der Waals surface area (Å²) in [7, 11) is 0. The third-order valence-electron chi connectivity index (χ3n) is 3.54. The highest BCUT2D eigenvalue weighted by atomic mass is 79.9. The zero-order valence-electron chi connectivity index (χ0n) is 11.5. The van der Waals surface area contributed by atoms with E-state index in [1.165, 1.54) is 0 Å². The molecule has 1 aromatic heterocycles. The average Bonchev–Trinajstić information content (AvgIpc) is 2.76. The third-order valence-corrected chi connectivity index (χ3v) is 5.67. The molecule has 0 saturated carbocycles. The van der Waals surface area contributed by atoms with E-state index in [-0.39, 0.29) is 5.91 Å².